The molecule has 1 unspecified atom stereocenters. The summed E-state index contributed by atoms with van der Waals surface area (Å²) in [6.45, 7) is 3.73. The van der Waals surface area contributed by atoms with Crippen LogP contribution in [0.4, 0.5) is 0 Å². The molecule has 1 aromatic carbocycles. The van der Waals surface area contributed by atoms with Gasteiger partial charge in [0.2, 0.25) is 0 Å². The third kappa shape index (κ3) is 5.62. The summed E-state index contributed by atoms with van der Waals surface area (Å²) in [4.78, 5) is 0. The summed E-state index contributed by atoms with van der Waals surface area (Å²) in [6, 6.07) is 6.97. The van der Waals surface area contributed by atoms with Crippen LogP contribution >= 0.6 is 11.6 Å². The first kappa shape index (κ1) is 14.2. The van der Waals surface area contributed by atoms with Crippen LogP contribution in [0.2, 0.25) is 5.02 Å². The van der Waals surface area contributed by atoms with Gasteiger partial charge in [-0.05, 0) is 12.1 Å². The number of ether oxygens (including phenoxy) is 1. The van der Waals surface area contributed by atoms with Crippen LogP contribution in [0, 0.1) is 0 Å². The molecule has 0 saturated carbocycles. The Labute approximate surface area is 95.3 Å². The van der Waals surface area contributed by atoms with E-state index in [2.05, 4.69) is 0 Å². The van der Waals surface area contributed by atoms with Crippen molar-refractivity contribution >= 4 is 11.6 Å². The number of aliphatic hydroxyl groups excluding tert-OH is 2. The van der Waals surface area contributed by atoms with Crippen LogP contribution in [-0.2, 0) is 0 Å². The van der Waals surface area contributed by atoms with E-state index in [-0.39, 0.29) is 13.2 Å². The highest BCUT2D eigenvalue weighted by Crippen LogP contribution is 2.22. The number of rotatable bonds is 4. The quantitative estimate of drug-likeness (QED) is 0.836. The van der Waals surface area contributed by atoms with E-state index < -0.39 is 6.10 Å². The van der Waals surface area contributed by atoms with Gasteiger partial charge in [0.05, 0.1) is 11.6 Å². The normalized spacial score (nSPS) is 11.3. The van der Waals surface area contributed by atoms with Crippen molar-refractivity contribution in [2.24, 2.45) is 0 Å². The van der Waals surface area contributed by atoms with E-state index in [4.69, 9.17) is 26.6 Å². The van der Waals surface area contributed by atoms with Crippen molar-refractivity contribution in [3.05, 3.63) is 29.3 Å². The lowest BCUT2D eigenvalue weighted by molar-refractivity contribution is 0.0536. The first-order valence-corrected chi connectivity index (χ1v) is 5.28. The Morgan fingerprint density at radius 2 is 1.93 bits per heavy atom. The summed E-state index contributed by atoms with van der Waals surface area (Å²) in [6.07, 6.45) is -0.865. The number of aliphatic hydroxyl groups is 2. The summed E-state index contributed by atoms with van der Waals surface area (Å²) < 4.78 is 5.15. The maximum Gasteiger partial charge on any atom is 0.138 e. The molecular weight excluding hydrogens is 216 g/mol. The summed E-state index contributed by atoms with van der Waals surface area (Å²) in [7, 11) is 0. The van der Waals surface area contributed by atoms with Crippen LogP contribution in [0.25, 0.3) is 0 Å². The molecule has 0 aliphatic heterocycles. The number of hydrogen-bond donors (Lipinski definition) is 2. The third-order valence-electron chi connectivity index (χ3n) is 1.48. The maximum atomic E-state index is 8.99. The van der Waals surface area contributed by atoms with Crippen molar-refractivity contribution in [3.8, 4) is 5.75 Å². The Morgan fingerprint density at radius 1 is 1.33 bits per heavy atom. The largest absolute Gasteiger partial charge is 0.489 e. The lowest BCUT2D eigenvalue weighted by Gasteiger charge is -2.10. The molecule has 1 rings (SSSR count). The molecule has 0 spiro atoms. The Morgan fingerprint density at radius 3 is 2.47 bits per heavy atom. The molecule has 15 heavy (non-hydrogen) atoms. The van der Waals surface area contributed by atoms with Crippen molar-refractivity contribution in [1.29, 1.82) is 0 Å². The zero-order chi connectivity index (χ0) is 11.7. The van der Waals surface area contributed by atoms with Crippen molar-refractivity contribution in [1.82, 2.24) is 0 Å². The molecule has 86 valence electrons. The van der Waals surface area contributed by atoms with E-state index in [1.165, 1.54) is 0 Å². The molecule has 0 heterocycles. The highest BCUT2D eigenvalue weighted by Gasteiger charge is 2.04. The number of para-hydroxylation sites is 1. The minimum atomic E-state index is -0.865. The zero-order valence-corrected chi connectivity index (χ0v) is 9.74. The van der Waals surface area contributed by atoms with Crippen molar-refractivity contribution in [2.75, 3.05) is 13.2 Å². The van der Waals surface area contributed by atoms with E-state index in [1.807, 2.05) is 13.8 Å². The van der Waals surface area contributed by atoms with Crippen molar-refractivity contribution in [3.63, 3.8) is 0 Å². The van der Waals surface area contributed by atoms with Gasteiger partial charge < -0.3 is 14.9 Å². The average molecular weight is 233 g/mol. The van der Waals surface area contributed by atoms with Crippen LogP contribution < -0.4 is 4.74 Å². The van der Waals surface area contributed by atoms with E-state index in [1.54, 1.807) is 24.3 Å². The zero-order valence-electron chi connectivity index (χ0n) is 8.98. The van der Waals surface area contributed by atoms with E-state index in [0.717, 1.165) is 0 Å². The third-order valence-corrected chi connectivity index (χ3v) is 1.79. The molecule has 0 fully saturated rings. The van der Waals surface area contributed by atoms with E-state index in [0.29, 0.717) is 10.8 Å². The first-order valence-electron chi connectivity index (χ1n) is 4.90. The molecule has 1 atom stereocenters. The molecule has 0 bridgehead atoms. The summed E-state index contributed by atoms with van der Waals surface area (Å²) in [5.41, 5.74) is 0. The molecule has 3 nitrogen and oxygen atoms in total. The minimum absolute atomic E-state index is 0.0419. The molecule has 2 N–H and O–H groups in total. The number of benzene rings is 1. The molecule has 1 aromatic rings. The lowest BCUT2D eigenvalue weighted by Crippen LogP contribution is -2.21. The van der Waals surface area contributed by atoms with Gasteiger partial charge in [-0.2, -0.15) is 0 Å². The van der Waals surface area contributed by atoms with E-state index in [9.17, 15) is 0 Å². The van der Waals surface area contributed by atoms with Crippen LogP contribution in [0.1, 0.15) is 13.8 Å². The second-order valence-corrected chi connectivity index (χ2v) is 2.99. The molecule has 4 heteroatoms. The van der Waals surface area contributed by atoms with Crippen LogP contribution in [0.3, 0.4) is 0 Å². The summed E-state index contributed by atoms with van der Waals surface area (Å²) in [5.74, 6) is 0.511. The number of hydrogen-bond acceptors (Lipinski definition) is 3. The van der Waals surface area contributed by atoms with Crippen LogP contribution in [-0.4, -0.2) is 29.5 Å². The second kappa shape index (κ2) is 8.53. The van der Waals surface area contributed by atoms with Gasteiger partial charge in [-0.15, -0.1) is 0 Å². The highest BCUT2D eigenvalue weighted by molar-refractivity contribution is 6.32. The van der Waals surface area contributed by atoms with Crippen LogP contribution in [0.15, 0.2) is 24.3 Å². The van der Waals surface area contributed by atoms with E-state index >= 15 is 0 Å². The molecule has 0 saturated heterocycles. The fourth-order valence-electron chi connectivity index (χ4n) is 0.800. The minimum Gasteiger partial charge on any atom is -0.489 e. The predicted octanol–water partition coefficient (Wildman–Crippen LogP) is 2.10. The Bertz CT molecular complexity index is 266. The lowest BCUT2D eigenvalue weighted by atomic mass is 10.3. The van der Waals surface area contributed by atoms with Crippen molar-refractivity contribution < 1.29 is 14.9 Å². The Hall–Kier alpha value is -0.770. The van der Waals surface area contributed by atoms with Gasteiger partial charge in [-0.3, -0.25) is 0 Å². The maximum absolute atomic E-state index is 8.99. The van der Waals surface area contributed by atoms with Gasteiger partial charge in [0.25, 0.3) is 0 Å². The number of halogens is 1. The smallest absolute Gasteiger partial charge is 0.138 e. The predicted molar refractivity (Wildman–Crippen MR) is 61.4 cm³/mol. The van der Waals surface area contributed by atoms with Gasteiger partial charge >= 0.3 is 0 Å². The fraction of sp³-hybridized carbons (Fsp3) is 0.455. The molecule has 0 amide bonds. The molecule has 0 radical (unpaired) electrons. The van der Waals surface area contributed by atoms with Gasteiger partial charge in [0.1, 0.15) is 18.5 Å². The Kier molecular flexibility index (Phi) is 8.09. The molecule has 0 aliphatic rings. The topological polar surface area (TPSA) is 49.7 Å². The first-order chi connectivity index (χ1) is 7.24. The average Bonchev–Trinajstić information content (AvgIpc) is 2.30. The van der Waals surface area contributed by atoms with Crippen molar-refractivity contribution in [2.45, 2.75) is 20.0 Å². The monoisotopic (exact) mass is 232 g/mol. The fourth-order valence-corrected chi connectivity index (χ4v) is 0.991. The molecule has 0 aliphatic carbocycles. The second-order valence-electron chi connectivity index (χ2n) is 2.58. The summed E-state index contributed by atoms with van der Waals surface area (Å²) in [5, 5.41) is 18.0. The van der Waals surface area contributed by atoms with Crippen LogP contribution in [0.5, 0.6) is 5.75 Å². The summed E-state index contributed by atoms with van der Waals surface area (Å²) >= 11 is 5.78. The van der Waals surface area contributed by atoms with Gasteiger partial charge in [0.15, 0.2) is 0 Å². The molecular formula is C11H17ClO3. The van der Waals surface area contributed by atoms with Gasteiger partial charge in [-0.25, -0.2) is 0 Å². The standard InChI is InChI=1S/C9H11ClO3.C2H6/c10-8-3-1-2-4-9(8)13-6-7(12)5-11;1-2/h1-4,7,11-12H,5-6H2;1-2H3. The Balaban J connectivity index is 0.000000921. The van der Waals surface area contributed by atoms with Gasteiger partial charge in [0, 0.05) is 0 Å². The highest BCUT2D eigenvalue weighted by atomic mass is 35.5. The SMILES string of the molecule is CC.OCC(O)COc1ccccc1Cl. The molecule has 0 aromatic heterocycles. The van der Waals surface area contributed by atoms with Gasteiger partial charge in [-0.1, -0.05) is 37.6 Å².